The Morgan fingerprint density at radius 2 is 1.49 bits per heavy atom. The summed E-state index contributed by atoms with van der Waals surface area (Å²) < 4.78 is 87.4. The first-order chi connectivity index (χ1) is 17.2. The number of sulfone groups is 2. The molecule has 2 aromatic carbocycles. The molecule has 18 heteroatoms. The SMILES string of the molecule is COc1ccc(S(C)(=O)=O)cc1Nc1nc(Cl)nc(Nc2ccc(S(=O)(=O)CCOS(=O)(=O)O)cc2)n1. The van der Waals surface area contributed by atoms with E-state index in [9.17, 15) is 25.3 Å². The van der Waals surface area contributed by atoms with Crippen molar-refractivity contribution in [2.45, 2.75) is 9.79 Å². The van der Waals surface area contributed by atoms with Crippen LogP contribution < -0.4 is 15.4 Å². The predicted molar refractivity (Wildman–Crippen MR) is 134 cm³/mol. The maximum absolute atomic E-state index is 12.3. The van der Waals surface area contributed by atoms with Crippen LogP contribution in [0.3, 0.4) is 0 Å². The normalized spacial score (nSPS) is 12.2. The van der Waals surface area contributed by atoms with Crippen molar-refractivity contribution in [3.8, 4) is 5.75 Å². The maximum atomic E-state index is 12.3. The van der Waals surface area contributed by atoms with E-state index in [4.69, 9.17) is 20.9 Å². The molecule has 200 valence electrons. The van der Waals surface area contributed by atoms with Crippen LogP contribution in [0, 0.1) is 0 Å². The van der Waals surface area contributed by atoms with Gasteiger partial charge >= 0.3 is 10.4 Å². The summed E-state index contributed by atoms with van der Waals surface area (Å²) in [6.07, 6.45) is 1.06. The van der Waals surface area contributed by atoms with Gasteiger partial charge in [0.25, 0.3) is 0 Å². The van der Waals surface area contributed by atoms with E-state index < -0.39 is 42.4 Å². The molecular weight excluding hydrogens is 574 g/mol. The number of nitrogens with one attached hydrogen (secondary N) is 2. The van der Waals surface area contributed by atoms with E-state index in [1.54, 1.807) is 0 Å². The molecule has 3 N–H and O–H groups in total. The Bertz CT molecular complexity index is 1620. The Labute approximate surface area is 217 Å². The molecule has 0 aliphatic carbocycles. The fraction of sp³-hybridized carbons (Fsp3) is 0.211. The molecule has 0 radical (unpaired) electrons. The molecule has 0 saturated carbocycles. The van der Waals surface area contributed by atoms with Crippen molar-refractivity contribution >= 4 is 64.9 Å². The number of hydrogen-bond acceptors (Lipinski definition) is 13. The second-order valence-electron chi connectivity index (χ2n) is 7.23. The first kappa shape index (κ1) is 28.5. The van der Waals surface area contributed by atoms with Gasteiger partial charge in [-0.05, 0) is 54.1 Å². The second-order valence-corrected chi connectivity index (χ2v) is 12.8. The number of anilines is 4. The van der Waals surface area contributed by atoms with E-state index in [2.05, 4.69) is 29.8 Å². The van der Waals surface area contributed by atoms with Crippen LogP contribution in [-0.2, 0) is 34.3 Å². The van der Waals surface area contributed by atoms with Gasteiger partial charge in [0.1, 0.15) is 5.75 Å². The zero-order valence-electron chi connectivity index (χ0n) is 19.1. The van der Waals surface area contributed by atoms with Crippen molar-refractivity contribution < 1.29 is 38.7 Å². The third kappa shape index (κ3) is 8.20. The lowest BCUT2D eigenvalue weighted by atomic mass is 10.3. The highest BCUT2D eigenvalue weighted by Gasteiger charge is 2.17. The van der Waals surface area contributed by atoms with Crippen LogP contribution in [0.15, 0.2) is 52.3 Å². The summed E-state index contributed by atoms with van der Waals surface area (Å²) in [5.74, 6) is -0.415. The Morgan fingerprint density at radius 1 is 0.892 bits per heavy atom. The quantitative estimate of drug-likeness (QED) is 0.272. The van der Waals surface area contributed by atoms with Gasteiger partial charge in [-0.15, -0.1) is 0 Å². The molecule has 0 atom stereocenters. The summed E-state index contributed by atoms with van der Waals surface area (Å²) in [7, 11) is -10.7. The summed E-state index contributed by atoms with van der Waals surface area (Å²) in [5.41, 5.74) is 0.629. The minimum absolute atomic E-state index is 0.0158. The number of ether oxygens (including phenoxy) is 1. The number of nitrogens with zero attached hydrogens (tertiary/aromatic N) is 3. The number of hydrogen-bond donors (Lipinski definition) is 3. The van der Waals surface area contributed by atoms with Crippen molar-refractivity contribution in [1.29, 1.82) is 0 Å². The Kier molecular flexibility index (Phi) is 8.56. The molecule has 0 saturated heterocycles. The Morgan fingerprint density at radius 3 is 2.05 bits per heavy atom. The van der Waals surface area contributed by atoms with Crippen LogP contribution in [-0.4, -0.2) is 70.5 Å². The summed E-state index contributed by atoms with van der Waals surface area (Å²) in [5, 5.41) is 5.47. The highest BCUT2D eigenvalue weighted by molar-refractivity contribution is 7.91. The van der Waals surface area contributed by atoms with E-state index in [0.717, 1.165) is 6.26 Å². The first-order valence-electron chi connectivity index (χ1n) is 9.95. The molecule has 37 heavy (non-hydrogen) atoms. The molecule has 14 nitrogen and oxygen atoms in total. The van der Waals surface area contributed by atoms with Crippen LogP contribution in [0.1, 0.15) is 0 Å². The highest BCUT2D eigenvalue weighted by Crippen LogP contribution is 2.30. The van der Waals surface area contributed by atoms with Crippen molar-refractivity contribution in [3.05, 3.63) is 47.7 Å². The van der Waals surface area contributed by atoms with E-state index >= 15 is 0 Å². The Hall–Kier alpha value is -3.09. The zero-order valence-corrected chi connectivity index (χ0v) is 22.3. The summed E-state index contributed by atoms with van der Waals surface area (Å²) in [6, 6.07) is 9.52. The Balaban J connectivity index is 1.79. The number of halogens is 1. The van der Waals surface area contributed by atoms with Crippen LogP contribution in [0.4, 0.5) is 23.3 Å². The highest BCUT2D eigenvalue weighted by atomic mass is 35.5. The number of aromatic nitrogens is 3. The molecule has 0 fully saturated rings. The molecule has 3 aromatic rings. The van der Waals surface area contributed by atoms with Crippen molar-refractivity contribution in [1.82, 2.24) is 15.0 Å². The molecule has 0 amide bonds. The minimum Gasteiger partial charge on any atom is -0.495 e. The fourth-order valence-corrected chi connectivity index (χ4v) is 5.14. The molecule has 0 aliphatic rings. The van der Waals surface area contributed by atoms with Gasteiger partial charge in [0.05, 0.1) is 34.9 Å². The monoisotopic (exact) mass is 593 g/mol. The molecule has 1 aromatic heterocycles. The average molecular weight is 594 g/mol. The molecule has 3 rings (SSSR count). The predicted octanol–water partition coefficient (Wildman–Crippen LogP) is 2.02. The van der Waals surface area contributed by atoms with Crippen molar-refractivity contribution in [2.75, 3.05) is 36.4 Å². The van der Waals surface area contributed by atoms with Gasteiger partial charge in [0.2, 0.25) is 17.2 Å². The van der Waals surface area contributed by atoms with Gasteiger partial charge in [-0.3, -0.25) is 4.55 Å². The van der Waals surface area contributed by atoms with E-state index in [1.807, 2.05) is 0 Å². The van der Waals surface area contributed by atoms with E-state index in [-0.39, 0.29) is 32.7 Å². The van der Waals surface area contributed by atoms with Crippen LogP contribution >= 0.6 is 11.6 Å². The van der Waals surface area contributed by atoms with Crippen molar-refractivity contribution in [3.63, 3.8) is 0 Å². The fourth-order valence-electron chi connectivity index (χ4n) is 2.84. The lowest BCUT2D eigenvalue weighted by molar-refractivity contribution is 0.284. The zero-order chi connectivity index (χ0) is 27.4. The van der Waals surface area contributed by atoms with Gasteiger partial charge < -0.3 is 15.4 Å². The van der Waals surface area contributed by atoms with Crippen molar-refractivity contribution in [2.24, 2.45) is 0 Å². The summed E-state index contributed by atoms with van der Waals surface area (Å²) in [6.45, 7) is -0.752. The second kappa shape index (κ2) is 11.1. The van der Waals surface area contributed by atoms with Gasteiger partial charge in [-0.1, -0.05) is 0 Å². The molecule has 0 aliphatic heterocycles. The van der Waals surface area contributed by atoms with E-state index in [1.165, 1.54) is 49.6 Å². The average Bonchev–Trinajstić information content (AvgIpc) is 2.77. The molecule has 1 heterocycles. The standard InChI is InChI=1S/C19H20ClN5O9S3/c1-33-16-8-7-14(35(2,26)27)11-15(16)22-19-24-17(20)23-18(25-19)21-12-3-5-13(6-4-12)36(28,29)10-9-34-37(30,31)32/h3-8,11H,9-10H2,1-2H3,(H,30,31,32)(H2,21,22,23,24,25). The lowest BCUT2D eigenvalue weighted by Crippen LogP contribution is -2.15. The van der Waals surface area contributed by atoms with Crippen LogP contribution in [0.25, 0.3) is 0 Å². The topological polar surface area (TPSA) is 204 Å². The van der Waals surface area contributed by atoms with Gasteiger partial charge in [0.15, 0.2) is 19.7 Å². The molecule has 0 unspecified atom stereocenters. The van der Waals surface area contributed by atoms with Gasteiger partial charge in [-0.2, -0.15) is 23.4 Å². The summed E-state index contributed by atoms with van der Waals surface area (Å²) in [4.78, 5) is 12.0. The van der Waals surface area contributed by atoms with Crippen LogP contribution in [0.5, 0.6) is 5.75 Å². The summed E-state index contributed by atoms with van der Waals surface area (Å²) >= 11 is 6.00. The van der Waals surface area contributed by atoms with E-state index in [0.29, 0.717) is 11.4 Å². The minimum atomic E-state index is -4.75. The van der Waals surface area contributed by atoms with Crippen LogP contribution in [0.2, 0.25) is 5.28 Å². The smallest absolute Gasteiger partial charge is 0.397 e. The molecular formula is C19H20ClN5O9S3. The number of methoxy groups -OCH3 is 1. The van der Waals surface area contributed by atoms with Gasteiger partial charge in [0, 0.05) is 11.9 Å². The number of rotatable bonds is 11. The third-order valence-electron chi connectivity index (χ3n) is 4.51. The largest absolute Gasteiger partial charge is 0.495 e. The maximum Gasteiger partial charge on any atom is 0.397 e. The first-order valence-corrected chi connectivity index (χ1v) is 15.2. The van der Waals surface area contributed by atoms with Gasteiger partial charge in [-0.25, -0.2) is 21.0 Å². The molecule has 0 spiro atoms. The lowest BCUT2D eigenvalue weighted by Gasteiger charge is -2.12. The third-order valence-corrected chi connectivity index (χ3v) is 7.95. The number of benzene rings is 2. The molecule has 0 bridgehead atoms.